The summed E-state index contributed by atoms with van der Waals surface area (Å²) in [5.74, 6) is -0.516. The lowest BCUT2D eigenvalue weighted by molar-refractivity contribution is -0.137. The molecule has 0 saturated carbocycles. The fraction of sp³-hybridized carbons (Fsp3) is 0.267. The van der Waals surface area contributed by atoms with Crippen molar-refractivity contribution in [1.29, 1.82) is 0 Å². The van der Waals surface area contributed by atoms with E-state index in [1.807, 2.05) is 37.4 Å². The highest BCUT2D eigenvalue weighted by molar-refractivity contribution is 9.10. The number of aromatic amines is 1. The zero-order valence-corrected chi connectivity index (χ0v) is 23.1. The quantitative estimate of drug-likeness (QED) is 0.212. The smallest absolute Gasteiger partial charge is 0.361 e. The molecule has 0 aliphatic rings. The van der Waals surface area contributed by atoms with E-state index in [0.29, 0.717) is 37.1 Å². The summed E-state index contributed by atoms with van der Waals surface area (Å²) in [6, 6.07) is 19.7. The highest BCUT2D eigenvalue weighted by Crippen LogP contribution is 2.29. The Kier molecular flexibility index (Phi) is 9.12. The molecule has 4 rings (SSSR count). The highest BCUT2D eigenvalue weighted by atomic mass is 79.9. The van der Waals surface area contributed by atoms with Crippen molar-refractivity contribution in [3.63, 3.8) is 0 Å². The molecule has 0 aliphatic heterocycles. The van der Waals surface area contributed by atoms with Crippen LogP contribution in [-0.4, -0.2) is 46.2 Å². The lowest BCUT2D eigenvalue weighted by atomic mass is 10.1. The van der Waals surface area contributed by atoms with E-state index < -0.39 is 11.7 Å². The van der Waals surface area contributed by atoms with Crippen LogP contribution in [0.4, 0.5) is 13.2 Å². The summed E-state index contributed by atoms with van der Waals surface area (Å²) in [4.78, 5) is 33.2. The molecule has 39 heavy (non-hydrogen) atoms. The van der Waals surface area contributed by atoms with Gasteiger partial charge in [0, 0.05) is 46.8 Å². The second-order valence-electron chi connectivity index (χ2n) is 9.35. The number of rotatable bonds is 10. The van der Waals surface area contributed by atoms with Gasteiger partial charge in [-0.1, -0.05) is 53.2 Å². The van der Waals surface area contributed by atoms with E-state index in [0.717, 1.165) is 33.1 Å². The first-order chi connectivity index (χ1) is 18.7. The summed E-state index contributed by atoms with van der Waals surface area (Å²) in [6.45, 7) is 2.68. The maximum atomic E-state index is 13.6. The summed E-state index contributed by atoms with van der Waals surface area (Å²) >= 11 is 3.37. The number of halogens is 4. The van der Waals surface area contributed by atoms with Crippen LogP contribution >= 0.6 is 15.9 Å². The van der Waals surface area contributed by atoms with Crippen molar-refractivity contribution in [3.8, 4) is 0 Å². The largest absolute Gasteiger partial charge is 0.416 e. The third-order valence-corrected chi connectivity index (χ3v) is 7.06. The predicted octanol–water partition coefficient (Wildman–Crippen LogP) is 7.07. The van der Waals surface area contributed by atoms with Crippen LogP contribution < -0.4 is 0 Å². The third kappa shape index (κ3) is 7.29. The van der Waals surface area contributed by atoms with Crippen molar-refractivity contribution in [2.45, 2.75) is 32.5 Å². The van der Waals surface area contributed by atoms with Crippen LogP contribution in [0.5, 0.6) is 0 Å². The van der Waals surface area contributed by atoms with Crippen LogP contribution in [0, 0.1) is 0 Å². The minimum atomic E-state index is -4.43. The molecule has 5 nitrogen and oxygen atoms in total. The number of amides is 2. The molecule has 204 valence electrons. The normalized spacial score (nSPS) is 11.5. The summed E-state index contributed by atoms with van der Waals surface area (Å²) in [7, 11) is 0. The second-order valence-corrected chi connectivity index (χ2v) is 10.3. The van der Waals surface area contributed by atoms with Crippen LogP contribution in [0.2, 0.25) is 0 Å². The summed E-state index contributed by atoms with van der Waals surface area (Å²) < 4.78 is 40.0. The van der Waals surface area contributed by atoms with Gasteiger partial charge in [-0.25, -0.2) is 0 Å². The molecule has 0 unspecified atom stereocenters. The number of hydrogen-bond donors (Lipinski definition) is 1. The Morgan fingerprint density at radius 2 is 1.59 bits per heavy atom. The SMILES string of the molecule is CCCN(CC(=O)N(CCc1c[nH]c2ccccc12)Cc1ccc(C(F)(F)F)cc1)C(=O)c1ccc(Br)cc1. The van der Waals surface area contributed by atoms with Gasteiger partial charge in [0.25, 0.3) is 5.91 Å². The van der Waals surface area contributed by atoms with Gasteiger partial charge in [-0.05, 0) is 66.4 Å². The number of carbonyl (C=O) groups excluding carboxylic acids is 2. The van der Waals surface area contributed by atoms with Crippen molar-refractivity contribution < 1.29 is 22.8 Å². The first-order valence-electron chi connectivity index (χ1n) is 12.7. The number of fused-ring (bicyclic) bond motifs is 1. The standard InChI is InChI=1S/C30H29BrF3N3O2/c1-2-16-37(29(39)22-9-13-25(31)14-10-22)20-28(38)36(19-21-7-11-24(12-8-21)30(32,33)34)17-15-23-18-35-27-6-4-3-5-26(23)27/h3-14,18,35H,2,15-17,19-20H2,1H3. The minimum absolute atomic E-state index is 0.128. The van der Waals surface area contributed by atoms with Gasteiger partial charge in [0.15, 0.2) is 0 Å². The van der Waals surface area contributed by atoms with Gasteiger partial charge < -0.3 is 14.8 Å². The Balaban J connectivity index is 1.55. The molecule has 0 radical (unpaired) electrons. The lowest BCUT2D eigenvalue weighted by Gasteiger charge is -2.28. The fourth-order valence-electron chi connectivity index (χ4n) is 4.47. The topological polar surface area (TPSA) is 56.4 Å². The number of para-hydroxylation sites is 1. The monoisotopic (exact) mass is 599 g/mol. The molecule has 4 aromatic rings. The minimum Gasteiger partial charge on any atom is -0.361 e. The maximum Gasteiger partial charge on any atom is 0.416 e. The molecule has 1 heterocycles. The van der Waals surface area contributed by atoms with Crippen molar-refractivity contribution in [2.24, 2.45) is 0 Å². The van der Waals surface area contributed by atoms with E-state index in [4.69, 9.17) is 0 Å². The van der Waals surface area contributed by atoms with E-state index in [-0.39, 0.29) is 24.9 Å². The Labute approximate surface area is 233 Å². The van der Waals surface area contributed by atoms with E-state index >= 15 is 0 Å². The van der Waals surface area contributed by atoms with E-state index in [9.17, 15) is 22.8 Å². The Hall–Kier alpha value is -3.59. The highest BCUT2D eigenvalue weighted by Gasteiger charge is 2.30. The van der Waals surface area contributed by atoms with Crippen molar-refractivity contribution in [1.82, 2.24) is 14.8 Å². The Morgan fingerprint density at radius 1 is 0.897 bits per heavy atom. The lowest BCUT2D eigenvalue weighted by Crippen LogP contribution is -2.43. The van der Waals surface area contributed by atoms with Gasteiger partial charge in [0.1, 0.15) is 6.54 Å². The van der Waals surface area contributed by atoms with Crippen LogP contribution in [0.1, 0.15) is 40.4 Å². The first-order valence-corrected chi connectivity index (χ1v) is 13.5. The summed E-state index contributed by atoms with van der Waals surface area (Å²) in [6.07, 6.45) is -1.31. The average Bonchev–Trinajstić information content (AvgIpc) is 3.33. The predicted molar refractivity (Wildman–Crippen MR) is 149 cm³/mol. The number of nitrogens with zero attached hydrogens (tertiary/aromatic N) is 2. The van der Waals surface area contributed by atoms with E-state index in [2.05, 4.69) is 20.9 Å². The average molecular weight is 600 g/mol. The molecule has 3 aromatic carbocycles. The number of alkyl halides is 3. The molecule has 9 heteroatoms. The van der Waals surface area contributed by atoms with E-state index in [1.165, 1.54) is 17.0 Å². The molecule has 1 aromatic heterocycles. The van der Waals surface area contributed by atoms with Crippen molar-refractivity contribution >= 4 is 38.6 Å². The van der Waals surface area contributed by atoms with Crippen molar-refractivity contribution in [2.75, 3.05) is 19.6 Å². The van der Waals surface area contributed by atoms with E-state index in [1.54, 1.807) is 29.2 Å². The van der Waals surface area contributed by atoms with Gasteiger partial charge in [-0.3, -0.25) is 9.59 Å². The zero-order valence-electron chi connectivity index (χ0n) is 21.5. The molecular formula is C30H29BrF3N3O2. The van der Waals surface area contributed by atoms with Crippen molar-refractivity contribution in [3.05, 3.63) is 106 Å². The van der Waals surface area contributed by atoms with Gasteiger partial charge in [0.2, 0.25) is 5.91 Å². The molecule has 0 fully saturated rings. The van der Waals surface area contributed by atoms with Gasteiger partial charge in [-0.2, -0.15) is 13.2 Å². The number of H-pyrrole nitrogens is 1. The first kappa shape index (κ1) is 28.4. The number of aromatic nitrogens is 1. The molecule has 0 spiro atoms. The molecule has 0 saturated heterocycles. The second kappa shape index (κ2) is 12.5. The summed E-state index contributed by atoms with van der Waals surface area (Å²) in [5, 5.41) is 1.05. The zero-order chi connectivity index (χ0) is 28.0. The van der Waals surface area contributed by atoms with Gasteiger partial charge >= 0.3 is 6.18 Å². The molecule has 0 bridgehead atoms. The number of benzene rings is 3. The number of nitrogens with one attached hydrogen (secondary N) is 1. The number of carbonyl (C=O) groups is 2. The molecule has 0 atom stereocenters. The molecular weight excluding hydrogens is 571 g/mol. The Bertz CT molecular complexity index is 1420. The van der Waals surface area contributed by atoms with Crippen LogP contribution in [0.3, 0.4) is 0 Å². The molecule has 1 N–H and O–H groups in total. The fourth-order valence-corrected chi connectivity index (χ4v) is 4.73. The Morgan fingerprint density at radius 3 is 2.26 bits per heavy atom. The maximum absolute atomic E-state index is 13.6. The van der Waals surface area contributed by atoms with Gasteiger partial charge in [-0.15, -0.1) is 0 Å². The van der Waals surface area contributed by atoms with Crippen LogP contribution in [0.15, 0.2) is 83.5 Å². The molecule has 0 aliphatic carbocycles. The third-order valence-electron chi connectivity index (χ3n) is 6.53. The van der Waals surface area contributed by atoms with Crippen LogP contribution in [-0.2, 0) is 23.9 Å². The summed E-state index contributed by atoms with van der Waals surface area (Å²) in [5.41, 5.74) is 2.34. The molecule has 2 amide bonds. The van der Waals surface area contributed by atoms with Gasteiger partial charge in [0.05, 0.1) is 5.56 Å². The number of hydrogen-bond acceptors (Lipinski definition) is 2. The van der Waals surface area contributed by atoms with Crippen LogP contribution in [0.25, 0.3) is 10.9 Å².